The second-order valence-electron chi connectivity index (χ2n) is 9.65. The van der Waals surface area contributed by atoms with Crippen LogP contribution in [-0.4, -0.2) is 35.0 Å². The summed E-state index contributed by atoms with van der Waals surface area (Å²) in [7, 11) is 0. The van der Waals surface area contributed by atoms with Gasteiger partial charge in [0.25, 0.3) is 11.5 Å². The lowest BCUT2D eigenvalue weighted by Crippen LogP contribution is -2.25. The lowest BCUT2D eigenvalue weighted by molar-refractivity contribution is -0.118. The van der Waals surface area contributed by atoms with Gasteiger partial charge >= 0.3 is 0 Å². The van der Waals surface area contributed by atoms with Crippen LogP contribution >= 0.6 is 11.6 Å². The number of benzene rings is 3. The number of aromatic nitrogens is 2. The first-order valence-electron chi connectivity index (χ1n) is 13.5. The number of carbonyl (C=O) groups is 1. The van der Waals surface area contributed by atoms with Gasteiger partial charge in [-0.3, -0.25) is 9.59 Å². The third-order valence-corrected chi connectivity index (χ3v) is 7.09. The van der Waals surface area contributed by atoms with Crippen molar-refractivity contribution in [3.63, 3.8) is 0 Å². The number of carbonyl (C=O) groups excluding carboxylic acids is 1. The van der Waals surface area contributed by atoms with Crippen molar-refractivity contribution in [3.05, 3.63) is 93.5 Å². The van der Waals surface area contributed by atoms with Crippen LogP contribution in [0.1, 0.15) is 56.3 Å². The predicted molar refractivity (Wildman–Crippen MR) is 158 cm³/mol. The number of rotatable bonds is 9. The van der Waals surface area contributed by atoms with Gasteiger partial charge in [-0.25, -0.2) is 4.98 Å². The fraction of sp³-hybridized carbons (Fsp3) is 0.290. The first-order valence-corrected chi connectivity index (χ1v) is 13.9. The number of nitrogens with one attached hydrogen (secondary N) is 1. The van der Waals surface area contributed by atoms with Crippen LogP contribution in [0.4, 0.5) is 5.69 Å². The van der Waals surface area contributed by atoms with Gasteiger partial charge in [0, 0.05) is 11.6 Å². The van der Waals surface area contributed by atoms with Crippen molar-refractivity contribution in [2.24, 2.45) is 5.10 Å². The molecule has 1 aromatic heterocycles. The van der Waals surface area contributed by atoms with E-state index in [4.69, 9.17) is 26.1 Å². The van der Waals surface area contributed by atoms with Gasteiger partial charge in [-0.2, -0.15) is 9.78 Å². The van der Waals surface area contributed by atoms with Gasteiger partial charge < -0.3 is 14.8 Å². The maximum Gasteiger partial charge on any atom is 0.282 e. The van der Waals surface area contributed by atoms with Crippen LogP contribution in [0.5, 0.6) is 11.5 Å². The van der Waals surface area contributed by atoms with Gasteiger partial charge in [0.2, 0.25) is 0 Å². The Morgan fingerprint density at radius 3 is 2.60 bits per heavy atom. The summed E-state index contributed by atoms with van der Waals surface area (Å²) in [5.41, 5.74) is 1.76. The number of fused-ring (bicyclic) bond motifs is 1. The number of ether oxygens (including phenoxy) is 2. The van der Waals surface area contributed by atoms with E-state index < -0.39 is 0 Å². The zero-order valence-corrected chi connectivity index (χ0v) is 23.1. The highest BCUT2D eigenvalue weighted by atomic mass is 35.5. The van der Waals surface area contributed by atoms with E-state index in [9.17, 15) is 9.59 Å². The molecule has 0 unspecified atom stereocenters. The highest BCUT2D eigenvalue weighted by Gasteiger charge is 2.22. The van der Waals surface area contributed by atoms with Crippen molar-refractivity contribution < 1.29 is 14.3 Å². The summed E-state index contributed by atoms with van der Waals surface area (Å²) in [5, 5.41) is 8.15. The van der Waals surface area contributed by atoms with Crippen LogP contribution in [0.3, 0.4) is 0 Å². The van der Waals surface area contributed by atoms with E-state index in [-0.39, 0.29) is 34.8 Å². The molecule has 8 nitrogen and oxygen atoms in total. The quantitative estimate of drug-likeness (QED) is 0.240. The minimum absolute atomic E-state index is 0.170. The largest absolute Gasteiger partial charge is 0.490 e. The smallest absolute Gasteiger partial charge is 0.282 e. The Balaban J connectivity index is 1.42. The number of hydrogen-bond acceptors (Lipinski definition) is 6. The third kappa shape index (κ3) is 6.34. The van der Waals surface area contributed by atoms with E-state index in [1.807, 2.05) is 43.3 Å². The third-order valence-electron chi connectivity index (χ3n) is 6.81. The molecule has 1 saturated carbocycles. The molecule has 1 aliphatic rings. The summed E-state index contributed by atoms with van der Waals surface area (Å²) < 4.78 is 13.0. The minimum Gasteiger partial charge on any atom is -0.490 e. The second-order valence-corrected chi connectivity index (χ2v) is 10.1. The number of nitrogens with zero attached hydrogens (tertiary/aromatic N) is 3. The molecule has 0 spiro atoms. The van der Waals surface area contributed by atoms with E-state index in [1.54, 1.807) is 36.5 Å². The van der Waals surface area contributed by atoms with Gasteiger partial charge in [0.15, 0.2) is 18.1 Å². The van der Waals surface area contributed by atoms with Gasteiger partial charge in [-0.1, -0.05) is 61.2 Å². The Morgan fingerprint density at radius 2 is 1.82 bits per heavy atom. The number of anilines is 1. The number of hydrogen-bond donors (Lipinski definition) is 1. The topological polar surface area (TPSA) is 94.8 Å². The van der Waals surface area contributed by atoms with Crippen LogP contribution < -0.4 is 20.3 Å². The molecule has 0 aliphatic heterocycles. The Labute approximate surface area is 237 Å². The molecule has 3 aromatic carbocycles. The van der Waals surface area contributed by atoms with Crippen LogP contribution in [0, 0.1) is 0 Å². The predicted octanol–water partition coefficient (Wildman–Crippen LogP) is 6.40. The molecule has 1 heterocycles. The fourth-order valence-corrected chi connectivity index (χ4v) is 5.20. The first-order chi connectivity index (χ1) is 19.5. The Morgan fingerprint density at radius 1 is 1.07 bits per heavy atom. The zero-order chi connectivity index (χ0) is 27.9. The van der Waals surface area contributed by atoms with Crippen LogP contribution in [-0.2, 0) is 4.79 Å². The normalized spacial score (nSPS) is 13.9. The molecule has 206 valence electrons. The van der Waals surface area contributed by atoms with Gasteiger partial charge in [0.1, 0.15) is 5.82 Å². The molecule has 1 fully saturated rings. The Kier molecular flexibility index (Phi) is 8.76. The molecule has 5 rings (SSSR count). The molecular weight excluding hydrogens is 528 g/mol. The number of amides is 1. The van der Waals surface area contributed by atoms with Crippen molar-refractivity contribution in [2.45, 2.75) is 44.9 Å². The summed E-state index contributed by atoms with van der Waals surface area (Å²) in [6, 6.07) is 19.9. The maximum atomic E-state index is 13.5. The van der Waals surface area contributed by atoms with E-state index in [2.05, 4.69) is 10.4 Å². The molecule has 1 N–H and O–H groups in total. The van der Waals surface area contributed by atoms with Gasteiger partial charge in [0.05, 0.1) is 28.7 Å². The zero-order valence-electron chi connectivity index (χ0n) is 22.3. The Hall–Kier alpha value is -4.17. The molecule has 0 radical (unpaired) electrons. The second kappa shape index (κ2) is 12.8. The highest BCUT2D eigenvalue weighted by Crippen LogP contribution is 2.36. The van der Waals surface area contributed by atoms with E-state index >= 15 is 0 Å². The molecule has 40 heavy (non-hydrogen) atoms. The van der Waals surface area contributed by atoms with Crippen LogP contribution in [0.2, 0.25) is 5.02 Å². The molecule has 1 amide bonds. The summed E-state index contributed by atoms with van der Waals surface area (Å²) in [4.78, 5) is 30.7. The van der Waals surface area contributed by atoms with Crippen LogP contribution in [0.25, 0.3) is 10.9 Å². The van der Waals surface area contributed by atoms with Crippen molar-refractivity contribution in [3.8, 4) is 11.5 Å². The average Bonchev–Trinajstić information content (AvgIpc) is 2.97. The molecule has 0 atom stereocenters. The van der Waals surface area contributed by atoms with Crippen molar-refractivity contribution in [2.75, 3.05) is 18.5 Å². The highest BCUT2D eigenvalue weighted by molar-refractivity contribution is 6.32. The lowest BCUT2D eigenvalue weighted by Gasteiger charge is -2.22. The van der Waals surface area contributed by atoms with E-state index in [0.29, 0.717) is 40.3 Å². The standard InChI is InChI=1S/C31H31ClN4O4/c1-2-39-27-18-21(17-25(32)29(27)40-20-28(37)34-23-13-7-4-8-14-23)19-33-36-30(22-11-5-3-6-12-22)35-26-16-10-9-15-24(26)31(36)38/h4,7-10,13-19,22H,2-3,5-6,11-12,20H2,1H3,(H,34,37). The number of halogens is 1. The fourth-order valence-electron chi connectivity index (χ4n) is 4.92. The summed E-state index contributed by atoms with van der Waals surface area (Å²) in [5.74, 6) is 1.16. The maximum absolute atomic E-state index is 13.5. The molecule has 1 aliphatic carbocycles. The monoisotopic (exact) mass is 558 g/mol. The minimum atomic E-state index is -0.325. The molecule has 0 bridgehead atoms. The summed E-state index contributed by atoms with van der Waals surface area (Å²) in [6.07, 6.45) is 6.93. The summed E-state index contributed by atoms with van der Waals surface area (Å²) >= 11 is 6.58. The van der Waals surface area contributed by atoms with Crippen molar-refractivity contribution in [1.82, 2.24) is 9.66 Å². The SMILES string of the molecule is CCOc1cc(C=Nn2c(C3CCCCC3)nc3ccccc3c2=O)cc(Cl)c1OCC(=O)Nc1ccccc1. The van der Waals surface area contributed by atoms with Gasteiger partial charge in [-0.15, -0.1) is 0 Å². The van der Waals surface area contributed by atoms with Crippen LogP contribution in [0.15, 0.2) is 76.6 Å². The first kappa shape index (κ1) is 27.4. The van der Waals surface area contributed by atoms with Crippen molar-refractivity contribution >= 4 is 40.3 Å². The summed E-state index contributed by atoms with van der Waals surface area (Å²) in [6.45, 7) is 1.96. The average molecular weight is 559 g/mol. The Bertz CT molecular complexity index is 1580. The van der Waals surface area contributed by atoms with Gasteiger partial charge in [-0.05, 0) is 61.7 Å². The van der Waals surface area contributed by atoms with E-state index in [1.165, 1.54) is 11.1 Å². The molecule has 9 heteroatoms. The molecule has 0 saturated heterocycles. The molecular formula is C31H31ClN4O4. The molecule has 4 aromatic rings. The number of para-hydroxylation sites is 2. The lowest BCUT2D eigenvalue weighted by atomic mass is 9.88. The van der Waals surface area contributed by atoms with E-state index in [0.717, 1.165) is 25.7 Å². The van der Waals surface area contributed by atoms with Crippen molar-refractivity contribution in [1.29, 1.82) is 0 Å².